The summed E-state index contributed by atoms with van der Waals surface area (Å²) in [6, 6.07) is 11.1. The molecule has 0 spiro atoms. The molecule has 144 valence electrons. The fraction of sp³-hybridized carbons (Fsp3) is 0.294. The molecule has 0 bridgehead atoms. The highest BCUT2D eigenvalue weighted by Gasteiger charge is 2.21. The van der Waals surface area contributed by atoms with E-state index in [1.165, 1.54) is 27.2 Å². The van der Waals surface area contributed by atoms with Gasteiger partial charge in [0.15, 0.2) is 0 Å². The second kappa shape index (κ2) is 8.79. The number of thiophene rings is 1. The first-order valence-electron chi connectivity index (χ1n) is 8.19. The largest absolute Gasteiger partial charge is 0.496 e. The van der Waals surface area contributed by atoms with Crippen LogP contribution in [0.2, 0.25) is 0 Å². The van der Waals surface area contributed by atoms with E-state index in [2.05, 4.69) is 14.7 Å². The Morgan fingerprint density at radius 3 is 2.78 bits per heavy atom. The summed E-state index contributed by atoms with van der Waals surface area (Å²) in [4.78, 5) is 4.46. The predicted molar refractivity (Wildman–Crippen MR) is 108 cm³/mol. The summed E-state index contributed by atoms with van der Waals surface area (Å²) in [6.07, 6.45) is 0.578. The molecule has 0 atom stereocenters. The van der Waals surface area contributed by atoms with Crippen LogP contribution in [0.1, 0.15) is 11.4 Å². The first-order chi connectivity index (χ1) is 13.0. The van der Waals surface area contributed by atoms with E-state index in [9.17, 15) is 8.42 Å². The maximum absolute atomic E-state index is 12.4. The third kappa shape index (κ3) is 4.83. The maximum Gasteiger partial charge on any atom is 0.252 e. The summed E-state index contributed by atoms with van der Waals surface area (Å²) in [5.74, 6) is 1.51. The van der Waals surface area contributed by atoms with Gasteiger partial charge < -0.3 is 10.1 Å². The van der Waals surface area contributed by atoms with E-state index in [0.717, 1.165) is 11.3 Å². The Labute approximate surface area is 166 Å². The highest BCUT2D eigenvalue weighted by atomic mass is 32.2. The van der Waals surface area contributed by atoms with Crippen LogP contribution in [-0.2, 0) is 16.4 Å². The van der Waals surface area contributed by atoms with Gasteiger partial charge in [-0.05, 0) is 17.5 Å². The van der Waals surface area contributed by atoms with Crippen LogP contribution >= 0.6 is 22.9 Å². The van der Waals surface area contributed by atoms with E-state index in [1.807, 2.05) is 24.3 Å². The molecule has 1 aromatic carbocycles. The smallest absolute Gasteiger partial charge is 0.252 e. The van der Waals surface area contributed by atoms with Crippen molar-refractivity contribution in [3.8, 4) is 5.75 Å². The predicted octanol–water partition coefficient (Wildman–Crippen LogP) is 2.93. The Kier molecular flexibility index (Phi) is 6.42. The van der Waals surface area contributed by atoms with Crippen LogP contribution in [0, 0.1) is 0 Å². The number of rotatable bonds is 9. The van der Waals surface area contributed by atoms with Crippen molar-refractivity contribution in [1.29, 1.82) is 0 Å². The topological polar surface area (TPSA) is 84.4 Å². The maximum atomic E-state index is 12.4. The van der Waals surface area contributed by atoms with Crippen molar-refractivity contribution in [1.82, 2.24) is 13.7 Å². The minimum atomic E-state index is -3.43. The number of ether oxygens (including phenoxy) is 1. The molecule has 3 aromatic rings. The molecule has 0 aliphatic heterocycles. The lowest BCUT2D eigenvalue weighted by molar-refractivity contribution is 0.410. The van der Waals surface area contributed by atoms with Crippen molar-refractivity contribution in [2.45, 2.75) is 10.6 Å². The van der Waals surface area contributed by atoms with Crippen LogP contribution in [0.15, 0.2) is 46.0 Å². The average molecular weight is 425 g/mol. The Balaban J connectivity index is 1.54. The number of methoxy groups -OCH3 is 1. The lowest BCUT2D eigenvalue weighted by Gasteiger charge is -2.15. The SMILES string of the molecule is COc1ccccc1Cc1nsc(NCCN(C)S(=O)(=O)c2cccs2)n1. The molecule has 2 aromatic heterocycles. The van der Waals surface area contributed by atoms with Crippen molar-refractivity contribution in [2.24, 2.45) is 0 Å². The Morgan fingerprint density at radius 1 is 1.22 bits per heavy atom. The van der Waals surface area contributed by atoms with E-state index in [4.69, 9.17) is 4.74 Å². The third-order valence-electron chi connectivity index (χ3n) is 3.87. The second-order valence-corrected chi connectivity index (χ2v) is 9.66. The van der Waals surface area contributed by atoms with E-state index >= 15 is 0 Å². The van der Waals surface area contributed by atoms with Crippen molar-refractivity contribution in [3.05, 3.63) is 53.2 Å². The summed E-state index contributed by atoms with van der Waals surface area (Å²) < 4.78 is 36.1. The lowest BCUT2D eigenvalue weighted by Crippen LogP contribution is -2.31. The fourth-order valence-electron chi connectivity index (χ4n) is 2.42. The first kappa shape index (κ1) is 19.7. The Hall–Kier alpha value is -2.01. The van der Waals surface area contributed by atoms with Gasteiger partial charge in [-0.1, -0.05) is 24.3 Å². The van der Waals surface area contributed by atoms with E-state index in [-0.39, 0.29) is 0 Å². The van der Waals surface area contributed by atoms with Crippen LogP contribution in [0.25, 0.3) is 0 Å². The van der Waals surface area contributed by atoms with Crippen molar-refractivity contribution in [3.63, 3.8) is 0 Å². The van der Waals surface area contributed by atoms with Gasteiger partial charge in [-0.15, -0.1) is 11.3 Å². The highest BCUT2D eigenvalue weighted by molar-refractivity contribution is 7.91. The zero-order valence-electron chi connectivity index (χ0n) is 15.0. The summed E-state index contributed by atoms with van der Waals surface area (Å²) in [6.45, 7) is 0.784. The number of sulfonamides is 1. The molecular weight excluding hydrogens is 404 g/mol. The van der Waals surface area contributed by atoms with E-state index in [0.29, 0.717) is 34.7 Å². The molecule has 0 amide bonds. The van der Waals surface area contributed by atoms with Gasteiger partial charge in [0.1, 0.15) is 15.8 Å². The number of nitrogens with zero attached hydrogens (tertiary/aromatic N) is 3. The molecular formula is C17H20N4O3S3. The number of likely N-dealkylation sites (N-methyl/N-ethyl adjacent to an activating group) is 1. The normalized spacial score (nSPS) is 11.7. The fourth-order valence-corrected chi connectivity index (χ4v) is 5.40. The molecule has 10 heteroatoms. The zero-order chi connectivity index (χ0) is 19.3. The minimum absolute atomic E-state index is 0.335. The molecule has 3 rings (SSSR count). The second-order valence-electron chi connectivity index (χ2n) is 5.69. The molecule has 0 aliphatic rings. The molecule has 0 unspecified atom stereocenters. The van der Waals surface area contributed by atoms with Crippen LogP contribution < -0.4 is 10.1 Å². The van der Waals surface area contributed by atoms with Gasteiger partial charge in [0.2, 0.25) is 5.13 Å². The molecule has 7 nitrogen and oxygen atoms in total. The van der Waals surface area contributed by atoms with E-state index < -0.39 is 10.0 Å². The summed E-state index contributed by atoms with van der Waals surface area (Å²) in [5.41, 5.74) is 1.02. The lowest BCUT2D eigenvalue weighted by atomic mass is 10.1. The number of hydrogen-bond donors (Lipinski definition) is 1. The number of aromatic nitrogens is 2. The molecule has 27 heavy (non-hydrogen) atoms. The monoisotopic (exact) mass is 424 g/mol. The molecule has 1 N–H and O–H groups in total. The Morgan fingerprint density at radius 2 is 2.04 bits per heavy atom. The van der Waals surface area contributed by atoms with Crippen molar-refractivity contribution < 1.29 is 13.2 Å². The number of benzene rings is 1. The number of anilines is 1. The Bertz CT molecular complexity index is 971. The number of hydrogen-bond acceptors (Lipinski definition) is 8. The molecule has 2 heterocycles. The van der Waals surface area contributed by atoms with Gasteiger partial charge in [0.05, 0.1) is 7.11 Å². The number of para-hydroxylation sites is 1. The van der Waals surface area contributed by atoms with Crippen molar-refractivity contribution in [2.75, 3.05) is 32.6 Å². The minimum Gasteiger partial charge on any atom is -0.496 e. The average Bonchev–Trinajstić information content (AvgIpc) is 3.34. The molecule has 0 saturated heterocycles. The van der Waals surface area contributed by atoms with Gasteiger partial charge in [0, 0.05) is 43.7 Å². The molecule has 0 radical (unpaired) electrons. The zero-order valence-corrected chi connectivity index (χ0v) is 17.4. The van der Waals surface area contributed by atoms with Gasteiger partial charge in [-0.2, -0.15) is 8.68 Å². The molecule has 0 aliphatic carbocycles. The third-order valence-corrected chi connectivity index (χ3v) is 7.81. The van der Waals surface area contributed by atoms with E-state index in [1.54, 1.807) is 31.7 Å². The summed E-state index contributed by atoms with van der Waals surface area (Å²) in [5, 5.41) is 5.56. The van der Waals surface area contributed by atoms with Crippen LogP contribution in [0.4, 0.5) is 5.13 Å². The standard InChI is InChI=1S/C17H20N4O3S3/c1-21(27(22,23)16-8-5-11-25-16)10-9-18-17-19-15(20-26-17)12-13-6-3-4-7-14(13)24-2/h3-8,11H,9-10,12H2,1-2H3,(H,18,19,20). The van der Waals surface area contributed by atoms with Gasteiger partial charge in [0.25, 0.3) is 10.0 Å². The quantitative estimate of drug-likeness (QED) is 0.569. The van der Waals surface area contributed by atoms with Crippen LogP contribution in [0.3, 0.4) is 0 Å². The molecule has 0 fully saturated rings. The van der Waals surface area contributed by atoms with Crippen LogP contribution in [0.5, 0.6) is 5.75 Å². The first-order valence-corrected chi connectivity index (χ1v) is 11.3. The van der Waals surface area contributed by atoms with Gasteiger partial charge >= 0.3 is 0 Å². The highest BCUT2D eigenvalue weighted by Crippen LogP contribution is 2.22. The number of nitrogens with one attached hydrogen (secondary N) is 1. The van der Waals surface area contributed by atoms with Crippen LogP contribution in [-0.4, -0.2) is 49.3 Å². The van der Waals surface area contributed by atoms with Crippen molar-refractivity contribution >= 4 is 38.0 Å². The molecule has 0 saturated carbocycles. The summed E-state index contributed by atoms with van der Waals surface area (Å²) in [7, 11) is -0.215. The van der Waals surface area contributed by atoms with Gasteiger partial charge in [-0.25, -0.2) is 13.4 Å². The van der Waals surface area contributed by atoms with Gasteiger partial charge in [-0.3, -0.25) is 0 Å². The summed E-state index contributed by atoms with van der Waals surface area (Å²) >= 11 is 2.47.